The second kappa shape index (κ2) is 5.80. The van der Waals surface area contributed by atoms with Gasteiger partial charge in [-0.25, -0.2) is 0 Å². The zero-order chi connectivity index (χ0) is 19.0. The Kier molecular flexibility index (Phi) is 3.42. The van der Waals surface area contributed by atoms with Gasteiger partial charge in [0.05, 0.1) is 11.5 Å². The molecule has 1 heteroatoms. The molecule has 1 aromatic heterocycles. The third-order valence-corrected chi connectivity index (χ3v) is 7.47. The van der Waals surface area contributed by atoms with E-state index in [4.69, 9.17) is 0 Å². The van der Waals surface area contributed by atoms with Crippen molar-refractivity contribution in [2.24, 2.45) is 0 Å². The highest BCUT2D eigenvalue weighted by molar-refractivity contribution is 5.84. The lowest BCUT2D eigenvalue weighted by Crippen LogP contribution is -2.39. The number of rotatable bonds is 1. The minimum Gasteiger partial charge on any atom is -0.184 e. The summed E-state index contributed by atoms with van der Waals surface area (Å²) in [6.45, 7) is 8.96. The van der Waals surface area contributed by atoms with Gasteiger partial charge in [-0.05, 0) is 61.4 Å². The van der Waals surface area contributed by atoms with Crippen molar-refractivity contribution in [1.29, 1.82) is 0 Å². The molecule has 0 amide bonds. The Hall–Kier alpha value is -2.41. The summed E-state index contributed by atoms with van der Waals surface area (Å²) in [6, 6.07) is 16.9. The third kappa shape index (κ3) is 2.16. The molecule has 0 radical (unpaired) electrons. The number of aromatic nitrogens is 1. The number of hydrogen-bond donors (Lipinski definition) is 0. The maximum atomic E-state index is 4.47. The molecule has 2 fully saturated rings. The summed E-state index contributed by atoms with van der Waals surface area (Å²) >= 11 is 0. The van der Waals surface area contributed by atoms with Crippen molar-refractivity contribution in [3.8, 4) is 11.3 Å². The normalized spacial score (nSPS) is 23.3. The third-order valence-electron chi connectivity index (χ3n) is 7.47. The summed E-state index contributed by atoms with van der Waals surface area (Å²) in [6.07, 6.45) is 6.87. The summed E-state index contributed by atoms with van der Waals surface area (Å²) < 4.78 is 2.61. The standard InChI is InChI=1S/C27H28N/c1-16-14-17(2)25-22(15-16)24-13-12-21-20(19-8-5-4-6-9-19)10-7-11-23(21)28(24)27-18(3)26(25)27/h7,10-15,19,26-27H,3-6,8-9H2,1-2H3/q+1. The van der Waals surface area contributed by atoms with Gasteiger partial charge < -0.3 is 0 Å². The Labute approximate surface area is 167 Å². The number of nitrogens with zero attached hydrogens (tertiary/aromatic N) is 1. The summed E-state index contributed by atoms with van der Waals surface area (Å²) in [5.74, 6) is 1.23. The molecule has 2 atom stereocenters. The van der Waals surface area contributed by atoms with Crippen LogP contribution in [-0.4, -0.2) is 0 Å². The SMILES string of the molecule is C=C1C2c3c(C)cc(C)cc3-c3ccc4c(C5CCCCC5)cccc4[n+]3C12. The fraction of sp³-hybridized carbons (Fsp3) is 0.370. The molecule has 0 N–H and O–H groups in total. The van der Waals surface area contributed by atoms with Crippen molar-refractivity contribution in [3.63, 3.8) is 0 Å². The van der Waals surface area contributed by atoms with E-state index in [0.717, 1.165) is 5.92 Å². The van der Waals surface area contributed by atoms with Crippen LogP contribution in [0.3, 0.4) is 0 Å². The van der Waals surface area contributed by atoms with Crippen LogP contribution in [0.2, 0.25) is 0 Å². The number of fused-ring (bicyclic) bond motifs is 8. The van der Waals surface area contributed by atoms with Crippen LogP contribution in [0.1, 0.15) is 72.2 Å². The fourth-order valence-corrected chi connectivity index (χ4v) is 6.18. The van der Waals surface area contributed by atoms with Gasteiger partial charge in [0.15, 0.2) is 6.04 Å². The zero-order valence-electron chi connectivity index (χ0n) is 17.0. The maximum Gasteiger partial charge on any atom is 0.213 e. The van der Waals surface area contributed by atoms with Crippen LogP contribution in [-0.2, 0) is 0 Å². The van der Waals surface area contributed by atoms with Crippen LogP contribution in [0, 0.1) is 13.8 Å². The lowest BCUT2D eigenvalue weighted by atomic mass is 9.82. The van der Waals surface area contributed by atoms with Gasteiger partial charge >= 0.3 is 0 Å². The van der Waals surface area contributed by atoms with E-state index in [0.29, 0.717) is 12.0 Å². The Bertz CT molecular complexity index is 1150. The summed E-state index contributed by atoms with van der Waals surface area (Å²) in [5, 5.41) is 1.46. The van der Waals surface area contributed by atoms with Gasteiger partial charge in [-0.3, -0.25) is 0 Å². The maximum absolute atomic E-state index is 4.47. The molecule has 2 saturated carbocycles. The molecule has 1 aliphatic heterocycles. The Morgan fingerprint density at radius 2 is 1.79 bits per heavy atom. The molecule has 2 heterocycles. The number of allylic oxidation sites excluding steroid dienone is 1. The van der Waals surface area contributed by atoms with Gasteiger partial charge in [-0.15, -0.1) is 0 Å². The molecule has 2 unspecified atom stereocenters. The van der Waals surface area contributed by atoms with E-state index in [2.05, 4.69) is 67.5 Å². The molecule has 2 aromatic carbocycles. The van der Waals surface area contributed by atoms with Crippen molar-refractivity contribution >= 4 is 10.9 Å². The fourth-order valence-electron chi connectivity index (χ4n) is 6.18. The molecule has 3 aliphatic rings. The lowest BCUT2D eigenvalue weighted by molar-refractivity contribution is -0.663. The first kappa shape index (κ1) is 16.5. The van der Waals surface area contributed by atoms with Crippen molar-refractivity contribution < 1.29 is 4.57 Å². The van der Waals surface area contributed by atoms with E-state index >= 15 is 0 Å². The molecule has 3 aromatic rings. The second-order valence-electron chi connectivity index (χ2n) is 9.24. The van der Waals surface area contributed by atoms with Crippen LogP contribution in [0.4, 0.5) is 0 Å². The van der Waals surface area contributed by atoms with E-state index in [1.54, 1.807) is 5.56 Å². The van der Waals surface area contributed by atoms with E-state index in [-0.39, 0.29) is 0 Å². The molecular weight excluding hydrogens is 338 g/mol. The van der Waals surface area contributed by atoms with Crippen LogP contribution < -0.4 is 4.57 Å². The molecule has 1 nitrogen and oxygen atoms in total. The van der Waals surface area contributed by atoms with Gasteiger partial charge in [-0.2, -0.15) is 4.57 Å². The van der Waals surface area contributed by atoms with Crippen molar-refractivity contribution in [3.05, 3.63) is 76.9 Å². The molecular formula is C27H28N+. The van der Waals surface area contributed by atoms with Gasteiger partial charge in [0.2, 0.25) is 11.2 Å². The quantitative estimate of drug-likeness (QED) is 0.334. The topological polar surface area (TPSA) is 3.88 Å². The monoisotopic (exact) mass is 366 g/mol. The summed E-state index contributed by atoms with van der Waals surface area (Å²) in [5.41, 5.74) is 11.4. The van der Waals surface area contributed by atoms with Gasteiger partial charge in [0, 0.05) is 23.1 Å². The molecule has 2 aliphatic carbocycles. The molecule has 6 rings (SSSR count). The summed E-state index contributed by atoms with van der Waals surface area (Å²) in [4.78, 5) is 0. The second-order valence-corrected chi connectivity index (χ2v) is 9.24. The van der Waals surface area contributed by atoms with E-state index in [1.165, 1.54) is 76.5 Å². The van der Waals surface area contributed by atoms with E-state index in [9.17, 15) is 0 Å². The number of hydrogen-bond acceptors (Lipinski definition) is 0. The first-order valence-corrected chi connectivity index (χ1v) is 10.9. The number of pyridine rings is 1. The summed E-state index contributed by atoms with van der Waals surface area (Å²) in [7, 11) is 0. The van der Waals surface area contributed by atoms with Gasteiger partial charge in [0.1, 0.15) is 0 Å². The van der Waals surface area contributed by atoms with E-state index in [1.807, 2.05) is 0 Å². The predicted octanol–water partition coefficient (Wildman–Crippen LogP) is 6.67. The van der Waals surface area contributed by atoms with Gasteiger partial charge in [0.25, 0.3) is 0 Å². The lowest BCUT2D eigenvalue weighted by Gasteiger charge is -2.23. The van der Waals surface area contributed by atoms with Crippen molar-refractivity contribution in [2.75, 3.05) is 0 Å². The molecule has 0 saturated heterocycles. The first-order valence-electron chi connectivity index (χ1n) is 10.9. The van der Waals surface area contributed by atoms with Crippen LogP contribution in [0.25, 0.3) is 22.2 Å². The molecule has 0 spiro atoms. The van der Waals surface area contributed by atoms with E-state index < -0.39 is 0 Å². The highest BCUT2D eigenvalue weighted by Crippen LogP contribution is 2.59. The average molecular weight is 367 g/mol. The first-order chi connectivity index (χ1) is 13.6. The predicted molar refractivity (Wildman–Crippen MR) is 116 cm³/mol. The Morgan fingerprint density at radius 3 is 2.61 bits per heavy atom. The average Bonchev–Trinajstić information content (AvgIpc) is 3.37. The Morgan fingerprint density at radius 1 is 0.964 bits per heavy atom. The Balaban J connectivity index is 1.63. The highest BCUT2D eigenvalue weighted by Gasteiger charge is 2.58. The molecule has 140 valence electrons. The minimum absolute atomic E-state index is 0.439. The van der Waals surface area contributed by atoms with Crippen LogP contribution in [0.5, 0.6) is 0 Å². The smallest absolute Gasteiger partial charge is 0.184 e. The largest absolute Gasteiger partial charge is 0.213 e. The van der Waals surface area contributed by atoms with Gasteiger partial charge in [-0.1, -0.05) is 49.6 Å². The minimum atomic E-state index is 0.439. The molecule has 0 bridgehead atoms. The number of benzene rings is 2. The van der Waals surface area contributed by atoms with Crippen LogP contribution in [0.15, 0.2) is 54.6 Å². The van der Waals surface area contributed by atoms with Crippen molar-refractivity contribution in [1.82, 2.24) is 0 Å². The zero-order valence-corrected chi connectivity index (χ0v) is 17.0. The van der Waals surface area contributed by atoms with Crippen molar-refractivity contribution in [2.45, 2.75) is 63.8 Å². The molecule has 28 heavy (non-hydrogen) atoms. The highest BCUT2D eigenvalue weighted by atomic mass is 15.1. The van der Waals surface area contributed by atoms with Crippen LogP contribution >= 0.6 is 0 Å². The number of aryl methyl sites for hydroxylation is 2.